The Balaban J connectivity index is 1.61. The number of ether oxygens (including phenoxy) is 1. The monoisotopic (exact) mass is 266 g/mol. The van der Waals surface area contributed by atoms with E-state index in [9.17, 15) is 0 Å². The Morgan fingerprint density at radius 3 is 2.89 bits per heavy atom. The van der Waals surface area contributed by atoms with Crippen molar-refractivity contribution in [3.63, 3.8) is 0 Å². The summed E-state index contributed by atoms with van der Waals surface area (Å²) in [6.45, 7) is 5.66. The Bertz CT molecular complexity index is 294. The first-order valence-electron chi connectivity index (χ1n) is 8.35. The van der Waals surface area contributed by atoms with Crippen molar-refractivity contribution < 1.29 is 4.74 Å². The van der Waals surface area contributed by atoms with E-state index in [0.29, 0.717) is 24.1 Å². The zero-order valence-electron chi connectivity index (χ0n) is 12.4. The maximum atomic E-state index is 6.37. The molecule has 3 fully saturated rings. The third kappa shape index (κ3) is 3.14. The molecule has 5 unspecified atom stereocenters. The highest BCUT2D eigenvalue weighted by atomic mass is 16.5. The van der Waals surface area contributed by atoms with Crippen LogP contribution in [0.15, 0.2) is 0 Å². The lowest BCUT2D eigenvalue weighted by molar-refractivity contribution is -0.0943. The smallest absolute Gasteiger partial charge is 0.0730 e. The zero-order chi connectivity index (χ0) is 13.2. The first-order chi connectivity index (χ1) is 9.24. The number of nitrogens with zero attached hydrogens (tertiary/aromatic N) is 1. The molecule has 0 aromatic carbocycles. The summed E-state index contributed by atoms with van der Waals surface area (Å²) in [7, 11) is 0. The van der Waals surface area contributed by atoms with E-state index in [-0.39, 0.29) is 0 Å². The highest BCUT2D eigenvalue weighted by Gasteiger charge is 2.36. The molecule has 3 aliphatic rings. The molecule has 5 atom stereocenters. The van der Waals surface area contributed by atoms with Crippen molar-refractivity contribution in [2.75, 3.05) is 19.7 Å². The van der Waals surface area contributed by atoms with Crippen LogP contribution in [-0.2, 0) is 4.74 Å². The predicted octanol–water partition coefficient (Wildman–Crippen LogP) is 2.39. The predicted molar refractivity (Wildman–Crippen MR) is 78.0 cm³/mol. The van der Waals surface area contributed by atoms with Gasteiger partial charge < -0.3 is 10.5 Å². The molecule has 0 amide bonds. The normalized spacial score (nSPS) is 44.8. The van der Waals surface area contributed by atoms with Crippen LogP contribution in [0.5, 0.6) is 0 Å². The molecule has 0 spiro atoms. The summed E-state index contributed by atoms with van der Waals surface area (Å²) in [5.41, 5.74) is 6.37. The van der Waals surface area contributed by atoms with E-state index < -0.39 is 0 Å². The van der Waals surface area contributed by atoms with Crippen molar-refractivity contribution in [2.24, 2.45) is 17.6 Å². The minimum atomic E-state index is 0.432. The molecule has 2 N–H and O–H groups in total. The summed E-state index contributed by atoms with van der Waals surface area (Å²) in [5, 5.41) is 0. The van der Waals surface area contributed by atoms with Crippen molar-refractivity contribution >= 4 is 0 Å². The molecule has 2 saturated carbocycles. The summed E-state index contributed by atoms with van der Waals surface area (Å²) < 4.78 is 5.98. The van der Waals surface area contributed by atoms with Crippen molar-refractivity contribution in [1.82, 2.24) is 4.90 Å². The SMILES string of the molecule is CC1CCC(N)C(CN2CCOC3CCCCC32)C1. The van der Waals surface area contributed by atoms with Crippen molar-refractivity contribution in [1.29, 1.82) is 0 Å². The molecule has 19 heavy (non-hydrogen) atoms. The summed E-state index contributed by atoms with van der Waals surface area (Å²) in [6, 6.07) is 1.12. The first kappa shape index (κ1) is 13.8. The highest BCUT2D eigenvalue weighted by molar-refractivity contribution is 4.91. The van der Waals surface area contributed by atoms with E-state index in [1.807, 2.05) is 0 Å². The average molecular weight is 266 g/mol. The lowest BCUT2D eigenvalue weighted by Gasteiger charge is -2.46. The van der Waals surface area contributed by atoms with Gasteiger partial charge in [0.1, 0.15) is 0 Å². The van der Waals surface area contributed by atoms with E-state index in [2.05, 4.69) is 11.8 Å². The molecule has 3 rings (SSSR count). The van der Waals surface area contributed by atoms with E-state index in [0.717, 1.165) is 19.1 Å². The Morgan fingerprint density at radius 2 is 2.00 bits per heavy atom. The first-order valence-corrected chi connectivity index (χ1v) is 8.35. The Kier molecular flexibility index (Phi) is 4.45. The second-order valence-corrected chi connectivity index (χ2v) is 7.10. The van der Waals surface area contributed by atoms with Gasteiger partial charge in [-0.2, -0.15) is 0 Å². The molecule has 0 aromatic rings. The van der Waals surface area contributed by atoms with Gasteiger partial charge in [0.05, 0.1) is 12.7 Å². The van der Waals surface area contributed by atoms with Crippen LogP contribution in [0.3, 0.4) is 0 Å². The van der Waals surface area contributed by atoms with Crippen LogP contribution in [0, 0.1) is 11.8 Å². The third-order valence-electron chi connectivity index (χ3n) is 5.62. The number of morpholine rings is 1. The van der Waals surface area contributed by atoms with E-state index in [4.69, 9.17) is 10.5 Å². The van der Waals surface area contributed by atoms with Crippen molar-refractivity contribution in [3.8, 4) is 0 Å². The quantitative estimate of drug-likeness (QED) is 0.834. The van der Waals surface area contributed by atoms with E-state index in [1.54, 1.807) is 0 Å². The molecule has 110 valence electrons. The van der Waals surface area contributed by atoms with Gasteiger partial charge in [-0.15, -0.1) is 0 Å². The van der Waals surface area contributed by atoms with Crippen LogP contribution < -0.4 is 5.73 Å². The second-order valence-electron chi connectivity index (χ2n) is 7.10. The van der Waals surface area contributed by atoms with Gasteiger partial charge in [-0.1, -0.05) is 19.8 Å². The van der Waals surface area contributed by atoms with Crippen LogP contribution >= 0.6 is 0 Å². The van der Waals surface area contributed by atoms with Gasteiger partial charge >= 0.3 is 0 Å². The van der Waals surface area contributed by atoms with Crippen LogP contribution in [0.1, 0.15) is 51.9 Å². The lowest BCUT2D eigenvalue weighted by Crippen LogP contribution is -2.55. The van der Waals surface area contributed by atoms with E-state index >= 15 is 0 Å². The number of rotatable bonds is 2. The van der Waals surface area contributed by atoms with Crippen LogP contribution in [0.25, 0.3) is 0 Å². The van der Waals surface area contributed by atoms with Gasteiger partial charge in [-0.3, -0.25) is 4.90 Å². The van der Waals surface area contributed by atoms with Gasteiger partial charge in [0, 0.05) is 25.2 Å². The maximum Gasteiger partial charge on any atom is 0.0730 e. The van der Waals surface area contributed by atoms with Crippen LogP contribution in [0.2, 0.25) is 0 Å². The molecule has 3 heteroatoms. The fourth-order valence-electron chi connectivity index (χ4n) is 4.44. The van der Waals surface area contributed by atoms with Gasteiger partial charge in [0.25, 0.3) is 0 Å². The molecule has 2 aliphatic carbocycles. The molecule has 1 aliphatic heterocycles. The summed E-state index contributed by atoms with van der Waals surface area (Å²) in [5.74, 6) is 1.58. The summed E-state index contributed by atoms with van der Waals surface area (Å²) >= 11 is 0. The molecule has 0 aromatic heterocycles. The average Bonchev–Trinajstić information content (AvgIpc) is 2.43. The molecule has 0 radical (unpaired) electrons. The summed E-state index contributed by atoms with van der Waals surface area (Å²) in [6.07, 6.45) is 9.74. The number of hydrogen-bond acceptors (Lipinski definition) is 3. The maximum absolute atomic E-state index is 6.37. The Morgan fingerprint density at radius 1 is 1.16 bits per heavy atom. The minimum Gasteiger partial charge on any atom is -0.375 e. The topological polar surface area (TPSA) is 38.5 Å². The highest BCUT2D eigenvalue weighted by Crippen LogP contribution is 2.33. The lowest BCUT2D eigenvalue weighted by atomic mass is 9.78. The second kappa shape index (κ2) is 6.11. The molecular weight excluding hydrogens is 236 g/mol. The Hall–Kier alpha value is -0.120. The molecular formula is C16H30N2O. The number of nitrogens with two attached hydrogens (primary N) is 1. The van der Waals surface area contributed by atoms with Crippen molar-refractivity contribution in [3.05, 3.63) is 0 Å². The number of fused-ring (bicyclic) bond motifs is 1. The number of hydrogen-bond donors (Lipinski definition) is 1. The third-order valence-corrected chi connectivity index (χ3v) is 5.62. The molecule has 1 saturated heterocycles. The van der Waals surface area contributed by atoms with Gasteiger partial charge in [0.2, 0.25) is 0 Å². The fourth-order valence-corrected chi connectivity index (χ4v) is 4.44. The largest absolute Gasteiger partial charge is 0.375 e. The molecule has 1 heterocycles. The van der Waals surface area contributed by atoms with Gasteiger partial charge in [-0.25, -0.2) is 0 Å². The molecule has 0 bridgehead atoms. The zero-order valence-corrected chi connectivity index (χ0v) is 12.4. The van der Waals surface area contributed by atoms with Crippen LogP contribution in [0.4, 0.5) is 0 Å². The fraction of sp³-hybridized carbons (Fsp3) is 1.00. The van der Waals surface area contributed by atoms with E-state index in [1.165, 1.54) is 51.5 Å². The van der Waals surface area contributed by atoms with Gasteiger partial charge in [-0.05, 0) is 43.9 Å². The Labute approximate surface area is 117 Å². The standard InChI is InChI=1S/C16H30N2O/c1-12-6-7-14(17)13(10-12)11-18-8-9-19-16-5-3-2-4-15(16)18/h12-16H,2-11,17H2,1H3. The minimum absolute atomic E-state index is 0.432. The summed E-state index contributed by atoms with van der Waals surface area (Å²) in [4.78, 5) is 2.72. The molecule has 3 nitrogen and oxygen atoms in total. The van der Waals surface area contributed by atoms with Crippen LogP contribution in [-0.4, -0.2) is 42.8 Å². The van der Waals surface area contributed by atoms with Crippen molar-refractivity contribution in [2.45, 2.75) is 70.1 Å². The van der Waals surface area contributed by atoms with Gasteiger partial charge in [0.15, 0.2) is 0 Å².